The van der Waals surface area contributed by atoms with Gasteiger partial charge in [-0.15, -0.1) is 0 Å². The van der Waals surface area contributed by atoms with Gasteiger partial charge in [-0.3, -0.25) is 4.79 Å². The van der Waals surface area contributed by atoms with E-state index in [0.717, 1.165) is 83.5 Å². The molecule has 0 aromatic heterocycles. The summed E-state index contributed by atoms with van der Waals surface area (Å²) in [7, 11) is 0. The fraction of sp³-hybridized carbons (Fsp3) is 0.702. The third-order valence-electron chi connectivity index (χ3n) is 11.3. The van der Waals surface area contributed by atoms with Gasteiger partial charge >= 0.3 is 0 Å². The van der Waals surface area contributed by atoms with Crippen LogP contribution in [-0.4, -0.2) is 34.9 Å². The van der Waals surface area contributed by atoms with Gasteiger partial charge in [0.1, 0.15) is 0 Å². The Morgan fingerprint density at radius 3 is 1.15 bits per heavy atom. The number of unbranched alkanes of at least 4 members (excludes halogenated alkanes) is 25. The van der Waals surface area contributed by atoms with Crippen LogP contribution in [0.25, 0.3) is 0 Å². The molecule has 2 atom stereocenters. The molecule has 4 nitrogen and oxygen atoms in total. The second-order valence-corrected chi connectivity index (χ2v) is 17.2. The SMILES string of the molecule is CC/C=C\C/C=C\C/C=C\C/C=C\C/C=C\C/C=C\CCCCCCCCC(=O)NC(CO)C(O)/C=C/CC/C=C/CCCCCCCCCCCCCCCCCCCC. The largest absolute Gasteiger partial charge is 0.394 e. The van der Waals surface area contributed by atoms with Crippen LogP contribution < -0.4 is 5.32 Å². The molecule has 0 bridgehead atoms. The van der Waals surface area contributed by atoms with Crippen molar-refractivity contribution in [3.63, 3.8) is 0 Å². The molecule has 0 saturated carbocycles. The molecule has 0 fully saturated rings. The molecule has 0 saturated heterocycles. The van der Waals surface area contributed by atoms with Crippen molar-refractivity contribution in [3.8, 4) is 0 Å². The molecule has 1 amide bonds. The van der Waals surface area contributed by atoms with E-state index in [1.165, 1.54) is 135 Å². The van der Waals surface area contributed by atoms with Gasteiger partial charge in [0.2, 0.25) is 5.91 Å². The number of hydrogen-bond donors (Lipinski definition) is 3. The van der Waals surface area contributed by atoms with Gasteiger partial charge in [-0.2, -0.15) is 0 Å². The zero-order valence-corrected chi connectivity index (χ0v) is 40.2. The van der Waals surface area contributed by atoms with Crippen molar-refractivity contribution in [1.29, 1.82) is 0 Å². The van der Waals surface area contributed by atoms with Crippen molar-refractivity contribution in [2.24, 2.45) is 0 Å². The lowest BCUT2D eigenvalue weighted by Crippen LogP contribution is -2.45. The van der Waals surface area contributed by atoms with E-state index < -0.39 is 12.1 Å². The normalized spacial score (nSPS) is 13.7. The minimum atomic E-state index is -0.876. The number of nitrogens with one attached hydrogen (secondary N) is 1. The van der Waals surface area contributed by atoms with Gasteiger partial charge in [0.25, 0.3) is 0 Å². The summed E-state index contributed by atoms with van der Waals surface area (Å²) >= 11 is 0. The summed E-state index contributed by atoms with van der Waals surface area (Å²) in [5.74, 6) is -0.0910. The number of amides is 1. The predicted molar refractivity (Wildman–Crippen MR) is 271 cm³/mol. The lowest BCUT2D eigenvalue weighted by atomic mass is 10.0. The molecule has 0 spiro atoms. The molecule has 2 unspecified atom stereocenters. The Hall–Kier alpha value is -2.69. The molecule has 4 heteroatoms. The van der Waals surface area contributed by atoms with Crippen LogP contribution in [0.4, 0.5) is 0 Å². The van der Waals surface area contributed by atoms with Crippen molar-refractivity contribution in [2.75, 3.05) is 6.61 Å². The van der Waals surface area contributed by atoms with E-state index in [2.05, 4.69) is 104 Å². The maximum Gasteiger partial charge on any atom is 0.220 e. The number of hydrogen-bond acceptors (Lipinski definition) is 3. The molecule has 0 aliphatic rings. The number of rotatable bonds is 46. The van der Waals surface area contributed by atoms with E-state index in [-0.39, 0.29) is 12.5 Å². The van der Waals surface area contributed by atoms with Crippen molar-refractivity contribution in [1.82, 2.24) is 5.32 Å². The zero-order chi connectivity index (χ0) is 44.2. The first-order valence-corrected chi connectivity index (χ1v) is 26.0. The Kier molecular flexibility index (Phi) is 49.4. The molecule has 0 aromatic rings. The summed E-state index contributed by atoms with van der Waals surface area (Å²) < 4.78 is 0. The van der Waals surface area contributed by atoms with E-state index in [9.17, 15) is 15.0 Å². The third-order valence-corrected chi connectivity index (χ3v) is 11.3. The van der Waals surface area contributed by atoms with Crippen LogP contribution in [0.2, 0.25) is 0 Å². The number of allylic oxidation sites excluding steroid dienone is 15. The molecule has 0 aliphatic heterocycles. The molecule has 350 valence electrons. The number of carbonyl (C=O) groups is 1. The van der Waals surface area contributed by atoms with Crippen LogP contribution in [0, 0.1) is 0 Å². The van der Waals surface area contributed by atoms with E-state index in [0.29, 0.717) is 6.42 Å². The van der Waals surface area contributed by atoms with Gasteiger partial charge in [-0.05, 0) is 83.5 Å². The Labute approximate surface area is 379 Å². The first-order chi connectivity index (χ1) is 30.2. The van der Waals surface area contributed by atoms with Crippen molar-refractivity contribution < 1.29 is 15.0 Å². The highest BCUT2D eigenvalue weighted by Crippen LogP contribution is 2.15. The molecule has 0 heterocycles. The zero-order valence-electron chi connectivity index (χ0n) is 40.2. The van der Waals surface area contributed by atoms with Gasteiger partial charge in [0.05, 0.1) is 18.8 Å². The molecule has 0 aliphatic carbocycles. The maximum absolute atomic E-state index is 12.4. The lowest BCUT2D eigenvalue weighted by molar-refractivity contribution is -0.123. The summed E-state index contributed by atoms with van der Waals surface area (Å²) in [5, 5.41) is 23.1. The van der Waals surface area contributed by atoms with Crippen molar-refractivity contribution >= 4 is 5.91 Å². The van der Waals surface area contributed by atoms with Crippen molar-refractivity contribution in [3.05, 3.63) is 97.2 Å². The average molecular weight is 846 g/mol. The summed E-state index contributed by atoms with van der Waals surface area (Å²) in [5.41, 5.74) is 0. The third kappa shape index (κ3) is 48.2. The summed E-state index contributed by atoms with van der Waals surface area (Å²) in [6.45, 7) is 4.18. The summed E-state index contributed by atoms with van der Waals surface area (Å²) in [4.78, 5) is 12.4. The summed E-state index contributed by atoms with van der Waals surface area (Å²) in [6.07, 6.45) is 76.9. The van der Waals surface area contributed by atoms with Gasteiger partial charge in [0, 0.05) is 6.42 Å². The van der Waals surface area contributed by atoms with E-state index in [1.54, 1.807) is 6.08 Å². The molecular formula is C57H99NO3. The molecule has 0 aromatic carbocycles. The van der Waals surface area contributed by atoms with E-state index in [4.69, 9.17) is 0 Å². The van der Waals surface area contributed by atoms with Crippen LogP contribution in [0.5, 0.6) is 0 Å². The first kappa shape index (κ1) is 58.3. The first-order valence-electron chi connectivity index (χ1n) is 26.0. The fourth-order valence-electron chi connectivity index (χ4n) is 7.37. The second-order valence-electron chi connectivity index (χ2n) is 17.2. The summed E-state index contributed by atoms with van der Waals surface area (Å²) in [6, 6.07) is -0.655. The molecule has 0 radical (unpaired) electrons. The van der Waals surface area contributed by atoms with Crippen molar-refractivity contribution in [2.45, 2.75) is 251 Å². The topological polar surface area (TPSA) is 69.6 Å². The Morgan fingerprint density at radius 2 is 0.738 bits per heavy atom. The highest BCUT2D eigenvalue weighted by molar-refractivity contribution is 5.76. The van der Waals surface area contributed by atoms with Gasteiger partial charge in [-0.25, -0.2) is 0 Å². The molecule has 0 rings (SSSR count). The van der Waals surface area contributed by atoms with Gasteiger partial charge in [-0.1, -0.05) is 246 Å². The van der Waals surface area contributed by atoms with Crippen LogP contribution in [0.1, 0.15) is 239 Å². The fourth-order valence-corrected chi connectivity index (χ4v) is 7.37. The maximum atomic E-state index is 12.4. The average Bonchev–Trinajstić information content (AvgIpc) is 3.26. The quantitative estimate of drug-likeness (QED) is 0.0422. The Morgan fingerprint density at radius 1 is 0.410 bits per heavy atom. The van der Waals surface area contributed by atoms with Crippen LogP contribution >= 0.6 is 0 Å². The second kappa shape index (κ2) is 51.7. The standard InChI is InChI=1S/C57H99NO3/c1-3-5-7-9-11-13-15-17-19-21-23-25-27-29-31-33-35-37-39-41-43-45-47-49-51-53-57(61)58-55(54-59)56(60)52-50-48-46-44-42-40-38-36-34-32-30-28-26-24-22-20-18-16-14-12-10-8-6-4-2/h5,7,11,13,17,19,23,25,29,31,35,37,42,44,50,52,55-56,59-60H,3-4,6,8-10,12,14-16,18,20-22,24,26-28,30,32-34,36,38-41,43,45-49,51,53-54H2,1-2H3,(H,58,61)/b7-5-,13-11-,19-17-,25-23-,31-29-,37-35-,44-42+,52-50+. The monoisotopic (exact) mass is 846 g/mol. The number of aliphatic hydroxyl groups excluding tert-OH is 2. The molecular weight excluding hydrogens is 747 g/mol. The minimum Gasteiger partial charge on any atom is -0.394 e. The van der Waals surface area contributed by atoms with Crippen LogP contribution in [0.3, 0.4) is 0 Å². The van der Waals surface area contributed by atoms with Crippen LogP contribution in [-0.2, 0) is 4.79 Å². The predicted octanol–water partition coefficient (Wildman–Crippen LogP) is 17.0. The van der Waals surface area contributed by atoms with Crippen LogP contribution in [0.15, 0.2) is 97.2 Å². The minimum absolute atomic E-state index is 0.0910. The molecule has 3 N–H and O–H groups in total. The van der Waals surface area contributed by atoms with E-state index in [1.807, 2.05) is 6.08 Å². The highest BCUT2D eigenvalue weighted by Gasteiger charge is 2.17. The number of aliphatic hydroxyl groups is 2. The lowest BCUT2D eigenvalue weighted by Gasteiger charge is -2.19. The highest BCUT2D eigenvalue weighted by atomic mass is 16.3. The molecule has 61 heavy (non-hydrogen) atoms. The Bertz CT molecular complexity index is 1140. The van der Waals surface area contributed by atoms with Gasteiger partial charge < -0.3 is 15.5 Å². The number of carbonyl (C=O) groups excluding carboxylic acids is 1. The Balaban J connectivity index is 3.65. The van der Waals surface area contributed by atoms with Gasteiger partial charge in [0.15, 0.2) is 0 Å². The smallest absolute Gasteiger partial charge is 0.220 e. The van der Waals surface area contributed by atoms with E-state index >= 15 is 0 Å².